The zero-order valence-corrected chi connectivity index (χ0v) is 12.1. The second-order valence-corrected chi connectivity index (χ2v) is 5.13. The Balaban J connectivity index is 0.00000180. The maximum Gasteiger partial charge on any atom is 0.244 e. The highest BCUT2D eigenvalue weighted by molar-refractivity contribution is 5.97. The minimum Gasteiger partial charge on any atom is -0.324 e. The van der Waals surface area contributed by atoms with Gasteiger partial charge in [-0.05, 0) is 63.4 Å². The van der Waals surface area contributed by atoms with Crippen molar-refractivity contribution in [2.24, 2.45) is 0 Å². The Morgan fingerprint density at radius 2 is 2.16 bits per heavy atom. The lowest BCUT2D eigenvalue weighted by Gasteiger charge is -2.33. The molecular formula is C14H20ClFN2O. The zero-order chi connectivity index (χ0) is 13.2. The topological polar surface area (TPSA) is 41.1 Å². The minimum absolute atomic E-state index is 0. The maximum atomic E-state index is 13.1. The third-order valence-corrected chi connectivity index (χ3v) is 3.54. The van der Waals surface area contributed by atoms with Crippen molar-refractivity contribution < 1.29 is 9.18 Å². The summed E-state index contributed by atoms with van der Waals surface area (Å²) in [6, 6.07) is 4.62. The van der Waals surface area contributed by atoms with Gasteiger partial charge in [-0.3, -0.25) is 4.79 Å². The molecule has 1 atom stereocenters. The quantitative estimate of drug-likeness (QED) is 0.877. The largest absolute Gasteiger partial charge is 0.324 e. The lowest BCUT2D eigenvalue weighted by Crippen LogP contribution is -2.54. The summed E-state index contributed by atoms with van der Waals surface area (Å²) < 4.78 is 13.1. The number of anilines is 1. The van der Waals surface area contributed by atoms with Crippen LogP contribution in [0.5, 0.6) is 0 Å². The Bertz CT molecular complexity index is 459. The fourth-order valence-corrected chi connectivity index (χ4v) is 2.24. The van der Waals surface area contributed by atoms with Crippen LogP contribution in [-0.4, -0.2) is 18.0 Å². The first-order valence-electron chi connectivity index (χ1n) is 6.34. The van der Waals surface area contributed by atoms with Crippen LogP contribution in [0.1, 0.15) is 31.7 Å². The fourth-order valence-electron chi connectivity index (χ4n) is 2.24. The number of piperidine rings is 1. The van der Waals surface area contributed by atoms with E-state index >= 15 is 0 Å². The Hall–Kier alpha value is -1.13. The van der Waals surface area contributed by atoms with Gasteiger partial charge in [-0.2, -0.15) is 0 Å². The van der Waals surface area contributed by atoms with Gasteiger partial charge in [0.25, 0.3) is 0 Å². The minimum atomic E-state index is -0.513. The molecule has 106 valence electrons. The van der Waals surface area contributed by atoms with E-state index in [1.165, 1.54) is 6.07 Å². The number of carbonyl (C=O) groups is 1. The van der Waals surface area contributed by atoms with E-state index in [9.17, 15) is 9.18 Å². The van der Waals surface area contributed by atoms with Gasteiger partial charge in [0.05, 0.1) is 5.54 Å². The molecule has 1 fully saturated rings. The van der Waals surface area contributed by atoms with E-state index in [2.05, 4.69) is 10.6 Å². The standard InChI is InChI=1S/C14H19FN2O.ClH/c1-10-9-11(5-6-12(10)15)17-13(18)14(2)7-3-4-8-16-14;/h5-6,9,16H,3-4,7-8H2,1-2H3,(H,17,18);1H. The van der Waals surface area contributed by atoms with Crippen LogP contribution in [-0.2, 0) is 4.79 Å². The van der Waals surface area contributed by atoms with E-state index in [4.69, 9.17) is 0 Å². The molecule has 0 bridgehead atoms. The molecule has 1 saturated heterocycles. The molecule has 0 spiro atoms. The second kappa shape index (κ2) is 6.35. The van der Waals surface area contributed by atoms with Crippen LogP contribution in [0.4, 0.5) is 10.1 Å². The van der Waals surface area contributed by atoms with Crippen LogP contribution in [0.2, 0.25) is 0 Å². The summed E-state index contributed by atoms with van der Waals surface area (Å²) in [4.78, 5) is 12.2. The van der Waals surface area contributed by atoms with E-state index in [-0.39, 0.29) is 24.1 Å². The van der Waals surface area contributed by atoms with Crippen molar-refractivity contribution in [3.05, 3.63) is 29.6 Å². The van der Waals surface area contributed by atoms with Crippen LogP contribution in [0, 0.1) is 12.7 Å². The first-order chi connectivity index (χ1) is 8.51. The van der Waals surface area contributed by atoms with E-state index < -0.39 is 5.54 Å². The van der Waals surface area contributed by atoms with Gasteiger partial charge in [-0.15, -0.1) is 12.4 Å². The first kappa shape index (κ1) is 15.9. The van der Waals surface area contributed by atoms with Gasteiger partial charge in [0.2, 0.25) is 5.91 Å². The number of aryl methyl sites for hydroxylation is 1. The van der Waals surface area contributed by atoms with Crippen LogP contribution in [0.15, 0.2) is 18.2 Å². The average Bonchev–Trinajstić information content (AvgIpc) is 2.35. The summed E-state index contributed by atoms with van der Waals surface area (Å²) >= 11 is 0. The molecule has 0 aliphatic carbocycles. The van der Waals surface area contributed by atoms with E-state index in [1.54, 1.807) is 19.1 Å². The Labute approximate surface area is 119 Å². The molecule has 1 amide bonds. The zero-order valence-electron chi connectivity index (χ0n) is 11.3. The number of amides is 1. The number of carbonyl (C=O) groups excluding carboxylic acids is 1. The van der Waals surface area contributed by atoms with Crippen molar-refractivity contribution in [3.63, 3.8) is 0 Å². The molecule has 1 unspecified atom stereocenters. The molecule has 0 aromatic heterocycles. The molecule has 0 saturated carbocycles. The molecule has 2 rings (SSSR count). The Kier molecular flexibility index (Phi) is 5.32. The highest BCUT2D eigenvalue weighted by Crippen LogP contribution is 2.21. The first-order valence-corrected chi connectivity index (χ1v) is 6.34. The molecule has 19 heavy (non-hydrogen) atoms. The van der Waals surface area contributed by atoms with Crippen LogP contribution >= 0.6 is 12.4 Å². The Morgan fingerprint density at radius 3 is 2.74 bits per heavy atom. The lowest BCUT2D eigenvalue weighted by molar-refractivity contribution is -0.122. The van der Waals surface area contributed by atoms with Crippen LogP contribution in [0.25, 0.3) is 0 Å². The number of halogens is 2. The SMILES string of the molecule is Cc1cc(NC(=O)C2(C)CCCCN2)ccc1F.Cl. The summed E-state index contributed by atoms with van der Waals surface area (Å²) in [5.74, 6) is -0.303. The number of hydrogen-bond acceptors (Lipinski definition) is 2. The highest BCUT2D eigenvalue weighted by atomic mass is 35.5. The summed E-state index contributed by atoms with van der Waals surface area (Å²) in [5.41, 5.74) is 0.669. The van der Waals surface area contributed by atoms with Crippen molar-refractivity contribution in [2.45, 2.75) is 38.6 Å². The van der Waals surface area contributed by atoms with Crippen molar-refractivity contribution in [3.8, 4) is 0 Å². The summed E-state index contributed by atoms with van der Waals surface area (Å²) in [5, 5.41) is 6.11. The van der Waals surface area contributed by atoms with Crippen LogP contribution in [0.3, 0.4) is 0 Å². The van der Waals surface area contributed by atoms with Crippen molar-refractivity contribution in [1.29, 1.82) is 0 Å². The number of nitrogens with one attached hydrogen (secondary N) is 2. The van der Waals surface area contributed by atoms with Gasteiger partial charge in [0.15, 0.2) is 0 Å². The number of rotatable bonds is 2. The molecule has 1 aromatic rings. The molecular weight excluding hydrogens is 267 g/mol. The molecule has 3 nitrogen and oxygen atoms in total. The third kappa shape index (κ3) is 3.67. The second-order valence-electron chi connectivity index (χ2n) is 5.13. The molecule has 2 N–H and O–H groups in total. The predicted molar refractivity (Wildman–Crippen MR) is 77.3 cm³/mol. The van der Waals surface area contributed by atoms with Gasteiger partial charge < -0.3 is 10.6 Å². The van der Waals surface area contributed by atoms with Crippen LogP contribution < -0.4 is 10.6 Å². The smallest absolute Gasteiger partial charge is 0.244 e. The monoisotopic (exact) mass is 286 g/mol. The van der Waals surface area contributed by atoms with E-state index in [1.807, 2.05) is 6.92 Å². The van der Waals surface area contributed by atoms with Crippen molar-refractivity contribution in [1.82, 2.24) is 5.32 Å². The average molecular weight is 287 g/mol. The normalized spacial score (nSPS) is 22.5. The van der Waals surface area contributed by atoms with Crippen molar-refractivity contribution >= 4 is 24.0 Å². The summed E-state index contributed by atoms with van der Waals surface area (Å²) in [7, 11) is 0. The third-order valence-electron chi connectivity index (χ3n) is 3.54. The molecule has 1 aromatic carbocycles. The molecule has 1 aliphatic heterocycles. The van der Waals surface area contributed by atoms with Gasteiger partial charge in [0, 0.05) is 5.69 Å². The molecule has 1 heterocycles. The van der Waals surface area contributed by atoms with Gasteiger partial charge in [0.1, 0.15) is 5.82 Å². The summed E-state index contributed by atoms with van der Waals surface area (Å²) in [6.45, 7) is 4.47. The number of hydrogen-bond donors (Lipinski definition) is 2. The predicted octanol–water partition coefficient (Wildman–Crippen LogP) is 3.03. The molecule has 1 aliphatic rings. The van der Waals surface area contributed by atoms with Gasteiger partial charge in [-0.1, -0.05) is 0 Å². The van der Waals surface area contributed by atoms with Gasteiger partial charge in [-0.25, -0.2) is 4.39 Å². The molecule has 0 radical (unpaired) electrons. The van der Waals surface area contributed by atoms with Gasteiger partial charge >= 0.3 is 0 Å². The number of benzene rings is 1. The maximum absolute atomic E-state index is 13.1. The summed E-state index contributed by atoms with van der Waals surface area (Å²) in [6.07, 6.45) is 3.00. The fraction of sp³-hybridized carbons (Fsp3) is 0.500. The lowest BCUT2D eigenvalue weighted by atomic mass is 9.90. The highest BCUT2D eigenvalue weighted by Gasteiger charge is 2.34. The Morgan fingerprint density at radius 1 is 1.42 bits per heavy atom. The molecule has 5 heteroatoms. The van der Waals surface area contributed by atoms with E-state index in [0.29, 0.717) is 11.3 Å². The van der Waals surface area contributed by atoms with Crippen molar-refractivity contribution in [2.75, 3.05) is 11.9 Å². The van der Waals surface area contributed by atoms with E-state index in [0.717, 1.165) is 25.8 Å².